The number of halogens is 1. The highest BCUT2D eigenvalue weighted by atomic mass is 19.1. The Morgan fingerprint density at radius 3 is 2.74 bits per heavy atom. The van der Waals surface area contributed by atoms with Gasteiger partial charge in [-0.25, -0.2) is 4.39 Å². The number of carbonyl (C=O) groups is 1. The van der Waals surface area contributed by atoms with Crippen LogP contribution in [0.3, 0.4) is 0 Å². The van der Waals surface area contributed by atoms with Crippen LogP contribution in [0, 0.1) is 5.82 Å². The van der Waals surface area contributed by atoms with E-state index in [-0.39, 0.29) is 24.3 Å². The molecule has 1 atom stereocenters. The molecule has 1 amide bonds. The van der Waals surface area contributed by atoms with Crippen molar-refractivity contribution in [2.75, 3.05) is 18.0 Å². The Hall–Kier alpha value is -2.40. The second-order valence-corrected chi connectivity index (χ2v) is 5.88. The van der Waals surface area contributed by atoms with Crippen LogP contribution in [0.15, 0.2) is 48.5 Å². The van der Waals surface area contributed by atoms with Crippen LogP contribution < -0.4 is 16.0 Å². The van der Waals surface area contributed by atoms with E-state index in [1.807, 2.05) is 23.1 Å². The van der Waals surface area contributed by atoms with Gasteiger partial charge in [0, 0.05) is 24.8 Å². The summed E-state index contributed by atoms with van der Waals surface area (Å²) in [5.74, 6) is -0.350. The lowest BCUT2D eigenvalue weighted by Crippen LogP contribution is -2.47. The van der Waals surface area contributed by atoms with E-state index in [1.165, 1.54) is 17.7 Å². The molecular formula is C18H20FN3O. The highest BCUT2D eigenvalue weighted by Gasteiger charge is 2.23. The molecule has 0 radical (unpaired) electrons. The fraction of sp³-hybridized carbons (Fsp3) is 0.278. The Bertz CT molecular complexity index is 687. The summed E-state index contributed by atoms with van der Waals surface area (Å²) in [6, 6.07) is 14.2. The van der Waals surface area contributed by atoms with Crippen LogP contribution >= 0.6 is 0 Å². The fourth-order valence-electron chi connectivity index (χ4n) is 2.90. The fourth-order valence-corrected chi connectivity index (χ4v) is 2.90. The summed E-state index contributed by atoms with van der Waals surface area (Å²) in [6.07, 6.45) is 0.837. The molecule has 0 aliphatic carbocycles. The number of anilines is 1. The molecule has 3 N–H and O–H groups in total. The first kappa shape index (κ1) is 15.5. The van der Waals surface area contributed by atoms with E-state index in [4.69, 9.17) is 5.73 Å². The third-order valence-electron chi connectivity index (χ3n) is 4.01. The number of hydrogen-bond acceptors (Lipinski definition) is 3. The lowest BCUT2D eigenvalue weighted by molar-refractivity contribution is -0.119. The maximum Gasteiger partial charge on any atom is 0.239 e. The van der Waals surface area contributed by atoms with Crippen molar-refractivity contribution in [1.29, 1.82) is 0 Å². The second kappa shape index (κ2) is 6.79. The van der Waals surface area contributed by atoms with Crippen molar-refractivity contribution in [3.63, 3.8) is 0 Å². The van der Waals surface area contributed by atoms with Gasteiger partial charge in [0.2, 0.25) is 5.91 Å². The smallest absolute Gasteiger partial charge is 0.239 e. The molecule has 0 saturated heterocycles. The summed E-state index contributed by atoms with van der Waals surface area (Å²) < 4.78 is 12.9. The third-order valence-corrected chi connectivity index (χ3v) is 4.01. The van der Waals surface area contributed by atoms with Crippen LogP contribution in [0.1, 0.15) is 11.1 Å². The number of benzene rings is 2. The number of carbonyl (C=O) groups excluding carboxylic acids is 1. The molecular weight excluding hydrogens is 293 g/mol. The van der Waals surface area contributed by atoms with Gasteiger partial charge in [0.1, 0.15) is 5.82 Å². The van der Waals surface area contributed by atoms with E-state index >= 15 is 0 Å². The van der Waals surface area contributed by atoms with Gasteiger partial charge >= 0.3 is 0 Å². The van der Waals surface area contributed by atoms with Crippen molar-refractivity contribution in [3.8, 4) is 0 Å². The highest BCUT2D eigenvalue weighted by molar-refractivity contribution is 5.82. The molecule has 0 saturated carbocycles. The van der Waals surface area contributed by atoms with E-state index in [0.29, 0.717) is 13.1 Å². The maximum absolute atomic E-state index is 12.9. The summed E-state index contributed by atoms with van der Waals surface area (Å²) in [5.41, 5.74) is 9.21. The zero-order chi connectivity index (χ0) is 16.2. The van der Waals surface area contributed by atoms with Gasteiger partial charge in [-0.2, -0.15) is 0 Å². The van der Waals surface area contributed by atoms with Gasteiger partial charge in [0.15, 0.2) is 0 Å². The average Bonchev–Trinajstić information content (AvgIpc) is 2.54. The minimum atomic E-state index is -0.279. The van der Waals surface area contributed by atoms with Crippen LogP contribution in [0.25, 0.3) is 0 Å². The van der Waals surface area contributed by atoms with E-state index in [9.17, 15) is 9.18 Å². The topological polar surface area (TPSA) is 58.4 Å². The molecule has 2 aromatic carbocycles. The summed E-state index contributed by atoms with van der Waals surface area (Å²) >= 11 is 0. The third kappa shape index (κ3) is 3.87. The van der Waals surface area contributed by atoms with E-state index in [0.717, 1.165) is 17.7 Å². The predicted octanol–water partition coefficient (Wildman–Crippen LogP) is 1.83. The van der Waals surface area contributed by atoms with E-state index in [2.05, 4.69) is 11.4 Å². The molecule has 0 aromatic heterocycles. The summed E-state index contributed by atoms with van der Waals surface area (Å²) in [5, 5.41) is 2.87. The molecule has 0 spiro atoms. The quantitative estimate of drug-likeness (QED) is 0.905. The molecule has 0 bridgehead atoms. The Kier molecular flexibility index (Phi) is 4.57. The number of hydrogen-bond donors (Lipinski definition) is 2. The zero-order valence-electron chi connectivity index (χ0n) is 12.8. The molecule has 1 aliphatic heterocycles. The molecule has 23 heavy (non-hydrogen) atoms. The average molecular weight is 313 g/mol. The molecule has 5 heteroatoms. The van der Waals surface area contributed by atoms with Gasteiger partial charge in [-0.3, -0.25) is 4.79 Å². The number of nitrogens with two attached hydrogens (primary N) is 1. The van der Waals surface area contributed by atoms with Crippen molar-refractivity contribution in [3.05, 3.63) is 65.5 Å². The monoisotopic (exact) mass is 313 g/mol. The van der Waals surface area contributed by atoms with Gasteiger partial charge in [0.05, 0.1) is 6.54 Å². The van der Waals surface area contributed by atoms with Gasteiger partial charge in [-0.15, -0.1) is 0 Å². The minimum absolute atomic E-state index is 0.0369. The standard InChI is InChI=1S/C18H20FN3O/c19-15-7-5-13(6-8-15)10-21-18(23)12-22-11-16(20)9-14-3-1-2-4-17(14)22/h1-8,16H,9-12,20H2,(H,21,23). The van der Waals surface area contributed by atoms with Crippen LogP contribution in [0.2, 0.25) is 0 Å². The van der Waals surface area contributed by atoms with Crippen molar-refractivity contribution < 1.29 is 9.18 Å². The number of fused-ring (bicyclic) bond motifs is 1. The van der Waals surface area contributed by atoms with Crippen molar-refractivity contribution in [1.82, 2.24) is 5.32 Å². The second-order valence-electron chi connectivity index (χ2n) is 5.88. The van der Waals surface area contributed by atoms with Crippen molar-refractivity contribution in [2.45, 2.75) is 19.0 Å². The first-order chi connectivity index (χ1) is 11.1. The van der Waals surface area contributed by atoms with Gasteiger partial charge in [-0.05, 0) is 35.7 Å². The number of nitrogens with one attached hydrogen (secondary N) is 1. The van der Waals surface area contributed by atoms with Crippen LogP contribution in [0.5, 0.6) is 0 Å². The number of amides is 1. The molecule has 2 aromatic rings. The maximum atomic E-state index is 12.9. The number of para-hydroxylation sites is 1. The SMILES string of the molecule is NC1Cc2ccccc2N(CC(=O)NCc2ccc(F)cc2)C1. The Balaban J connectivity index is 1.60. The molecule has 1 unspecified atom stereocenters. The van der Waals surface area contributed by atoms with Crippen LogP contribution in [-0.4, -0.2) is 25.0 Å². The first-order valence-corrected chi connectivity index (χ1v) is 7.71. The Morgan fingerprint density at radius 2 is 1.96 bits per heavy atom. The number of nitrogens with zero attached hydrogens (tertiary/aromatic N) is 1. The van der Waals surface area contributed by atoms with E-state index < -0.39 is 0 Å². The molecule has 0 fully saturated rings. The Labute approximate surface area is 135 Å². The van der Waals surface area contributed by atoms with Gasteiger partial charge in [0.25, 0.3) is 0 Å². The minimum Gasteiger partial charge on any atom is -0.360 e. The summed E-state index contributed by atoms with van der Waals surface area (Å²) in [6.45, 7) is 1.33. The Morgan fingerprint density at radius 1 is 1.22 bits per heavy atom. The predicted molar refractivity (Wildman–Crippen MR) is 88.6 cm³/mol. The molecule has 120 valence electrons. The zero-order valence-corrected chi connectivity index (χ0v) is 12.8. The summed E-state index contributed by atoms with van der Waals surface area (Å²) in [7, 11) is 0. The lowest BCUT2D eigenvalue weighted by Gasteiger charge is -2.34. The molecule has 4 nitrogen and oxygen atoms in total. The largest absolute Gasteiger partial charge is 0.360 e. The van der Waals surface area contributed by atoms with Crippen LogP contribution in [-0.2, 0) is 17.8 Å². The van der Waals surface area contributed by atoms with Crippen molar-refractivity contribution in [2.24, 2.45) is 5.73 Å². The summed E-state index contributed by atoms with van der Waals surface area (Å²) in [4.78, 5) is 14.2. The van der Waals surface area contributed by atoms with E-state index in [1.54, 1.807) is 12.1 Å². The molecule has 1 heterocycles. The first-order valence-electron chi connectivity index (χ1n) is 7.71. The van der Waals surface area contributed by atoms with Gasteiger partial charge in [-0.1, -0.05) is 30.3 Å². The van der Waals surface area contributed by atoms with Crippen molar-refractivity contribution >= 4 is 11.6 Å². The normalized spacial score (nSPS) is 16.8. The lowest BCUT2D eigenvalue weighted by atomic mass is 9.98. The number of rotatable bonds is 4. The molecule has 3 rings (SSSR count). The van der Waals surface area contributed by atoms with Crippen LogP contribution in [0.4, 0.5) is 10.1 Å². The highest BCUT2D eigenvalue weighted by Crippen LogP contribution is 2.25. The van der Waals surface area contributed by atoms with Gasteiger partial charge < -0.3 is 16.0 Å². The molecule has 1 aliphatic rings.